The Hall–Kier alpha value is -1.47. The Balaban J connectivity index is 3.04. The highest BCUT2D eigenvalue weighted by molar-refractivity contribution is 6.19. The molecule has 5 heteroatoms. The zero-order valence-electron chi connectivity index (χ0n) is 7.94. The third-order valence-corrected chi connectivity index (χ3v) is 1.82. The van der Waals surface area contributed by atoms with Gasteiger partial charge in [-0.25, -0.2) is 0 Å². The number of carbonyl (C=O) groups is 1. The molecule has 0 amide bonds. The van der Waals surface area contributed by atoms with E-state index in [0.29, 0.717) is 5.56 Å². The van der Waals surface area contributed by atoms with Crippen molar-refractivity contribution in [1.82, 2.24) is 0 Å². The number of hydrogen-bond acceptors (Lipinski definition) is 1. The fourth-order valence-corrected chi connectivity index (χ4v) is 1.10. The fraction of sp³-hybridized carbons (Fsp3) is 0.182. The molecule has 0 aliphatic rings. The Morgan fingerprint density at radius 3 is 2.62 bits per heavy atom. The first kappa shape index (κ1) is 12.6. The molecule has 0 atom stereocenters. The molecule has 0 radical (unpaired) electrons. The van der Waals surface area contributed by atoms with E-state index in [0.717, 1.165) is 12.1 Å². The van der Waals surface area contributed by atoms with Crippen LogP contribution in [0.1, 0.15) is 15.9 Å². The van der Waals surface area contributed by atoms with Crippen molar-refractivity contribution in [1.29, 1.82) is 0 Å². The van der Waals surface area contributed by atoms with Crippen LogP contribution in [-0.4, -0.2) is 17.8 Å². The van der Waals surface area contributed by atoms with Gasteiger partial charge in [-0.3, -0.25) is 4.79 Å². The van der Waals surface area contributed by atoms with Crippen LogP contribution in [0.4, 0.5) is 13.2 Å². The van der Waals surface area contributed by atoms with Gasteiger partial charge in [0.25, 0.3) is 5.78 Å². The van der Waals surface area contributed by atoms with Gasteiger partial charge in [0.05, 0.1) is 5.88 Å². The summed E-state index contributed by atoms with van der Waals surface area (Å²) in [5.41, 5.74) is -0.0929. The van der Waals surface area contributed by atoms with Crippen molar-refractivity contribution in [3.8, 4) is 11.8 Å². The van der Waals surface area contributed by atoms with Gasteiger partial charge in [-0.05, 0) is 12.1 Å². The van der Waals surface area contributed by atoms with Crippen LogP contribution >= 0.6 is 11.6 Å². The molecular formula is C11H6ClF3O. The number of carbonyl (C=O) groups excluding carboxylic acids is 1. The molecule has 1 aromatic carbocycles. The van der Waals surface area contributed by atoms with E-state index in [1.165, 1.54) is 12.1 Å². The number of ketones is 1. The topological polar surface area (TPSA) is 17.1 Å². The minimum Gasteiger partial charge on any atom is -0.284 e. The highest BCUT2D eigenvalue weighted by atomic mass is 35.5. The maximum absolute atomic E-state index is 12.1. The zero-order chi connectivity index (χ0) is 12.2. The van der Waals surface area contributed by atoms with Gasteiger partial charge in [0.1, 0.15) is 0 Å². The molecule has 0 spiro atoms. The van der Waals surface area contributed by atoms with Crippen molar-refractivity contribution < 1.29 is 18.0 Å². The molecule has 0 bridgehead atoms. The van der Waals surface area contributed by atoms with Crippen molar-refractivity contribution in [2.24, 2.45) is 0 Å². The quantitative estimate of drug-likeness (QED) is 0.423. The highest BCUT2D eigenvalue weighted by Crippen LogP contribution is 2.21. The second-order valence-electron chi connectivity index (χ2n) is 2.84. The van der Waals surface area contributed by atoms with E-state index >= 15 is 0 Å². The molecule has 0 aliphatic carbocycles. The van der Waals surface area contributed by atoms with Crippen LogP contribution < -0.4 is 0 Å². The predicted octanol–water partition coefficient (Wildman–Crippen LogP) is 3.02. The number of benzene rings is 1. The SMILES string of the molecule is O=C(c1cccc(C#CCCl)c1)C(F)(F)F. The number of Topliss-reactive ketones (excluding diaryl/α,β-unsaturated/α-hetero) is 1. The third-order valence-electron chi connectivity index (χ3n) is 1.68. The molecule has 0 aromatic heterocycles. The van der Waals surface area contributed by atoms with Gasteiger partial charge in [0, 0.05) is 11.1 Å². The van der Waals surface area contributed by atoms with Crippen molar-refractivity contribution >= 4 is 17.4 Å². The lowest BCUT2D eigenvalue weighted by Gasteiger charge is -2.04. The van der Waals surface area contributed by atoms with E-state index in [-0.39, 0.29) is 5.88 Å². The summed E-state index contributed by atoms with van der Waals surface area (Å²) < 4.78 is 36.3. The molecule has 0 unspecified atom stereocenters. The minimum absolute atomic E-state index is 0.0808. The highest BCUT2D eigenvalue weighted by Gasteiger charge is 2.39. The summed E-state index contributed by atoms with van der Waals surface area (Å²) in [7, 11) is 0. The van der Waals surface area contributed by atoms with Gasteiger partial charge in [-0.15, -0.1) is 11.6 Å². The standard InChI is InChI=1S/C11H6ClF3O/c12-6-2-4-8-3-1-5-9(7-8)10(16)11(13,14)15/h1,3,5,7H,6H2. The maximum atomic E-state index is 12.1. The first-order chi connectivity index (χ1) is 7.45. The van der Waals surface area contributed by atoms with E-state index in [1.54, 1.807) is 0 Å². The Labute approximate surface area is 95.2 Å². The normalized spacial score (nSPS) is 10.5. The van der Waals surface area contributed by atoms with Gasteiger partial charge in [-0.2, -0.15) is 13.2 Å². The summed E-state index contributed by atoms with van der Waals surface area (Å²) in [4.78, 5) is 10.9. The summed E-state index contributed by atoms with van der Waals surface area (Å²) in [5.74, 6) is 3.24. The molecule has 1 nitrogen and oxygen atoms in total. The number of hydrogen-bond donors (Lipinski definition) is 0. The van der Waals surface area contributed by atoms with E-state index in [2.05, 4.69) is 11.8 Å². The lowest BCUT2D eigenvalue weighted by Crippen LogP contribution is -2.22. The largest absolute Gasteiger partial charge is 0.454 e. The Kier molecular flexibility index (Phi) is 3.97. The Morgan fingerprint density at radius 1 is 1.38 bits per heavy atom. The average molecular weight is 247 g/mol. The summed E-state index contributed by atoms with van der Waals surface area (Å²) in [6.07, 6.45) is -4.86. The third kappa shape index (κ3) is 3.28. The lowest BCUT2D eigenvalue weighted by molar-refractivity contribution is -0.0885. The van der Waals surface area contributed by atoms with Gasteiger partial charge < -0.3 is 0 Å². The van der Waals surface area contributed by atoms with Crippen molar-refractivity contribution in [2.75, 3.05) is 5.88 Å². The van der Waals surface area contributed by atoms with Crippen LogP contribution in [0.25, 0.3) is 0 Å². The van der Waals surface area contributed by atoms with Crippen LogP contribution in [0.3, 0.4) is 0 Å². The van der Waals surface area contributed by atoms with E-state index in [9.17, 15) is 18.0 Å². The molecule has 1 rings (SSSR count). The predicted molar refractivity (Wildman–Crippen MR) is 54.4 cm³/mol. The van der Waals surface area contributed by atoms with Crippen molar-refractivity contribution in [2.45, 2.75) is 6.18 Å². The van der Waals surface area contributed by atoms with Crippen molar-refractivity contribution in [3.63, 3.8) is 0 Å². The molecule has 0 heterocycles. The molecule has 16 heavy (non-hydrogen) atoms. The fourth-order valence-electron chi connectivity index (χ4n) is 1.04. The first-order valence-electron chi connectivity index (χ1n) is 4.21. The van der Waals surface area contributed by atoms with Crippen LogP contribution in [0.5, 0.6) is 0 Å². The average Bonchev–Trinajstić information content (AvgIpc) is 2.24. The van der Waals surface area contributed by atoms with E-state index in [1.807, 2.05) is 0 Å². The summed E-state index contributed by atoms with van der Waals surface area (Å²) in [6, 6.07) is 5.04. The van der Waals surface area contributed by atoms with E-state index in [4.69, 9.17) is 11.6 Å². The van der Waals surface area contributed by atoms with Crippen molar-refractivity contribution in [3.05, 3.63) is 35.4 Å². The van der Waals surface area contributed by atoms with Gasteiger partial charge in [0.2, 0.25) is 0 Å². The Bertz CT molecular complexity index is 454. The van der Waals surface area contributed by atoms with Crippen LogP contribution in [0.15, 0.2) is 24.3 Å². The molecular weight excluding hydrogens is 241 g/mol. The second-order valence-corrected chi connectivity index (χ2v) is 3.11. The Morgan fingerprint density at radius 2 is 2.06 bits per heavy atom. The molecule has 1 aromatic rings. The molecule has 0 aliphatic heterocycles. The zero-order valence-corrected chi connectivity index (χ0v) is 8.69. The first-order valence-corrected chi connectivity index (χ1v) is 4.75. The van der Waals surface area contributed by atoms with Gasteiger partial charge in [-0.1, -0.05) is 24.0 Å². The summed E-state index contributed by atoms with van der Waals surface area (Å²) in [6.45, 7) is 0. The van der Waals surface area contributed by atoms with Crippen LogP contribution in [-0.2, 0) is 0 Å². The molecule has 0 saturated heterocycles. The second kappa shape index (κ2) is 5.04. The van der Waals surface area contributed by atoms with E-state index < -0.39 is 17.5 Å². The summed E-state index contributed by atoms with van der Waals surface area (Å²) in [5, 5.41) is 0. The number of alkyl halides is 4. The molecule has 0 N–H and O–H groups in total. The monoisotopic (exact) mass is 246 g/mol. The number of halogens is 4. The lowest BCUT2D eigenvalue weighted by atomic mass is 10.1. The molecule has 0 fully saturated rings. The number of rotatable bonds is 1. The maximum Gasteiger partial charge on any atom is 0.454 e. The minimum atomic E-state index is -4.86. The van der Waals surface area contributed by atoms with Crippen LogP contribution in [0.2, 0.25) is 0 Å². The van der Waals surface area contributed by atoms with Gasteiger partial charge >= 0.3 is 6.18 Å². The molecule has 84 valence electrons. The van der Waals surface area contributed by atoms with Crippen LogP contribution in [0, 0.1) is 11.8 Å². The van der Waals surface area contributed by atoms with Gasteiger partial charge in [0.15, 0.2) is 0 Å². The smallest absolute Gasteiger partial charge is 0.284 e. The summed E-state index contributed by atoms with van der Waals surface area (Å²) >= 11 is 5.31. The molecule has 0 saturated carbocycles.